The van der Waals surface area contributed by atoms with Crippen LogP contribution in [0.3, 0.4) is 0 Å². The first-order valence-electron chi connectivity index (χ1n) is 8.08. The van der Waals surface area contributed by atoms with Gasteiger partial charge in [0.25, 0.3) is 0 Å². The summed E-state index contributed by atoms with van der Waals surface area (Å²) in [5.74, 6) is 3.49. The van der Waals surface area contributed by atoms with Gasteiger partial charge in [-0.3, -0.25) is 0 Å². The number of methoxy groups -OCH3 is 4. The summed E-state index contributed by atoms with van der Waals surface area (Å²) in [6, 6.07) is 9.06. The van der Waals surface area contributed by atoms with Gasteiger partial charge >= 0.3 is 0 Å². The third kappa shape index (κ3) is 4.89. The van der Waals surface area contributed by atoms with E-state index in [9.17, 15) is 4.55 Å². The molecule has 2 aromatic carbocycles. The highest BCUT2D eigenvalue weighted by Crippen LogP contribution is 2.34. The van der Waals surface area contributed by atoms with Gasteiger partial charge in [-0.1, -0.05) is 6.07 Å². The van der Waals surface area contributed by atoms with Gasteiger partial charge in [0.1, 0.15) is 34.5 Å². The number of hydrogen-bond donors (Lipinski definition) is 1. The molecule has 0 saturated carbocycles. The largest absolute Gasteiger partial charge is 0.616 e. The summed E-state index contributed by atoms with van der Waals surface area (Å²) < 4.78 is 33.8. The maximum atomic E-state index is 12.5. The van der Waals surface area contributed by atoms with Crippen LogP contribution in [0.1, 0.15) is 11.1 Å². The zero-order valence-electron chi connectivity index (χ0n) is 15.5. The van der Waals surface area contributed by atoms with Crippen molar-refractivity contribution in [3.8, 4) is 23.0 Å². The number of benzene rings is 2. The Morgan fingerprint density at radius 1 is 0.885 bits per heavy atom. The van der Waals surface area contributed by atoms with Gasteiger partial charge in [-0.2, -0.15) is 0 Å². The Kier molecular flexibility index (Phi) is 7.29. The van der Waals surface area contributed by atoms with Gasteiger partial charge in [-0.25, -0.2) is 0 Å². The molecule has 142 valence electrons. The lowest BCUT2D eigenvalue weighted by Crippen LogP contribution is -2.13. The summed E-state index contributed by atoms with van der Waals surface area (Å²) in [5, 5.41) is 0. The predicted molar refractivity (Wildman–Crippen MR) is 104 cm³/mol. The average molecular weight is 379 g/mol. The molecule has 2 rings (SSSR count). The van der Waals surface area contributed by atoms with Gasteiger partial charge in [0, 0.05) is 29.7 Å². The van der Waals surface area contributed by atoms with Crippen LogP contribution < -0.4 is 24.7 Å². The Morgan fingerprint density at radius 2 is 1.50 bits per heavy atom. The summed E-state index contributed by atoms with van der Waals surface area (Å²) in [7, 11) is 6.34. The Hall–Kier alpha value is -2.25. The second-order valence-corrected chi connectivity index (χ2v) is 7.20. The molecule has 0 heterocycles. The van der Waals surface area contributed by atoms with Crippen molar-refractivity contribution in [2.24, 2.45) is 0 Å². The van der Waals surface area contributed by atoms with Crippen molar-refractivity contribution in [1.82, 2.24) is 0 Å². The van der Waals surface area contributed by atoms with E-state index in [1.165, 1.54) is 0 Å². The number of nitrogens with two attached hydrogens (primary N) is 1. The molecule has 1 unspecified atom stereocenters. The second kappa shape index (κ2) is 9.45. The van der Waals surface area contributed by atoms with Crippen molar-refractivity contribution in [3.63, 3.8) is 0 Å². The third-order valence-corrected chi connectivity index (χ3v) is 5.33. The van der Waals surface area contributed by atoms with Crippen LogP contribution in [0.2, 0.25) is 0 Å². The van der Waals surface area contributed by atoms with E-state index in [1.54, 1.807) is 52.7 Å². The Labute approximate surface area is 157 Å². The number of anilines is 1. The van der Waals surface area contributed by atoms with Crippen LogP contribution in [0.15, 0.2) is 30.3 Å². The average Bonchev–Trinajstić information content (AvgIpc) is 2.65. The van der Waals surface area contributed by atoms with Crippen LogP contribution in [0.25, 0.3) is 0 Å². The first-order chi connectivity index (χ1) is 12.5. The highest BCUT2D eigenvalue weighted by molar-refractivity contribution is 7.90. The summed E-state index contributed by atoms with van der Waals surface area (Å²) in [4.78, 5) is 0. The summed E-state index contributed by atoms with van der Waals surface area (Å²) >= 11 is -1.05. The highest BCUT2D eigenvalue weighted by atomic mass is 32.2. The molecule has 1 atom stereocenters. The first kappa shape index (κ1) is 20.1. The fraction of sp³-hybridized carbons (Fsp3) is 0.368. The minimum atomic E-state index is -1.05. The maximum absolute atomic E-state index is 12.5. The topological polar surface area (TPSA) is 86.0 Å². The van der Waals surface area contributed by atoms with Crippen LogP contribution in [-0.4, -0.2) is 38.7 Å². The van der Waals surface area contributed by atoms with Gasteiger partial charge < -0.3 is 29.2 Å². The molecular formula is C19H25NO5S. The zero-order valence-corrected chi connectivity index (χ0v) is 16.4. The number of hydrogen-bond acceptors (Lipinski definition) is 6. The van der Waals surface area contributed by atoms with Gasteiger partial charge in [-0.15, -0.1) is 0 Å². The summed E-state index contributed by atoms with van der Waals surface area (Å²) in [5.41, 5.74) is 8.23. The molecule has 0 fully saturated rings. The van der Waals surface area contributed by atoms with E-state index in [0.29, 0.717) is 46.6 Å². The number of nitrogen functional groups attached to an aromatic ring is 1. The van der Waals surface area contributed by atoms with Crippen molar-refractivity contribution in [1.29, 1.82) is 0 Å². The summed E-state index contributed by atoms with van der Waals surface area (Å²) in [6.07, 6.45) is 0.564. The van der Waals surface area contributed by atoms with Crippen molar-refractivity contribution >= 4 is 16.9 Å². The Morgan fingerprint density at radius 3 is 2.00 bits per heavy atom. The third-order valence-electron chi connectivity index (χ3n) is 4.02. The molecule has 0 aromatic heterocycles. The number of ether oxygens (including phenoxy) is 4. The lowest BCUT2D eigenvalue weighted by molar-refractivity contribution is 0.369. The van der Waals surface area contributed by atoms with Crippen LogP contribution >= 0.6 is 0 Å². The summed E-state index contributed by atoms with van der Waals surface area (Å²) in [6.45, 7) is 0. The fourth-order valence-corrected chi connectivity index (χ4v) is 3.80. The molecule has 0 bridgehead atoms. The van der Waals surface area contributed by atoms with Crippen LogP contribution in [0.5, 0.6) is 23.0 Å². The molecule has 0 radical (unpaired) electrons. The molecule has 2 N–H and O–H groups in total. The van der Waals surface area contributed by atoms with Gasteiger partial charge in [0.05, 0.1) is 34.1 Å². The van der Waals surface area contributed by atoms with E-state index in [2.05, 4.69) is 0 Å². The minimum Gasteiger partial charge on any atom is -0.616 e. The normalized spacial score (nSPS) is 11.7. The van der Waals surface area contributed by atoms with Gasteiger partial charge in [0.2, 0.25) is 0 Å². The van der Waals surface area contributed by atoms with Crippen LogP contribution in [0.4, 0.5) is 5.69 Å². The minimum absolute atomic E-state index is 0.426. The molecule has 2 aromatic rings. The molecule has 0 aliphatic rings. The first-order valence-corrected chi connectivity index (χ1v) is 9.57. The van der Waals surface area contributed by atoms with Crippen molar-refractivity contribution in [2.75, 3.05) is 39.9 Å². The quantitative estimate of drug-likeness (QED) is 0.533. The fourth-order valence-electron chi connectivity index (χ4n) is 2.67. The lowest BCUT2D eigenvalue weighted by atomic mass is 10.1. The molecule has 0 aliphatic heterocycles. The van der Waals surface area contributed by atoms with Gasteiger partial charge in [-0.05, 0) is 23.3 Å². The molecule has 6 nitrogen and oxygen atoms in total. The molecule has 0 amide bonds. The zero-order chi connectivity index (χ0) is 19.1. The van der Waals surface area contributed by atoms with E-state index in [0.717, 1.165) is 11.1 Å². The molecule has 0 spiro atoms. The Balaban J connectivity index is 2.07. The molecule has 0 saturated heterocycles. The van der Waals surface area contributed by atoms with Crippen LogP contribution in [-0.2, 0) is 23.3 Å². The predicted octanol–water partition coefficient (Wildman–Crippen LogP) is 2.79. The second-order valence-electron chi connectivity index (χ2n) is 5.63. The standard InChI is InChI=1S/C19H25NO5S/c1-22-14-10-18(24-3)15(19(11-14)25-4)7-8-26(21)12-13-5-6-17(23-2)16(20)9-13/h5-6,9-11H,7-8,12,20H2,1-4H3. The van der Waals surface area contributed by atoms with E-state index >= 15 is 0 Å². The smallest absolute Gasteiger partial charge is 0.141 e. The van der Waals surface area contributed by atoms with E-state index in [4.69, 9.17) is 24.7 Å². The van der Waals surface area contributed by atoms with Crippen molar-refractivity contribution in [3.05, 3.63) is 41.5 Å². The molecule has 26 heavy (non-hydrogen) atoms. The molecule has 7 heteroatoms. The Bertz CT molecular complexity index is 713. The van der Waals surface area contributed by atoms with Crippen molar-refractivity contribution in [2.45, 2.75) is 12.2 Å². The highest BCUT2D eigenvalue weighted by Gasteiger charge is 2.17. The SMILES string of the molecule is COc1cc(OC)c(CC[S+]([O-])Cc2ccc(OC)c(N)c2)c(OC)c1. The lowest BCUT2D eigenvalue weighted by Gasteiger charge is -2.16. The van der Waals surface area contributed by atoms with Crippen molar-refractivity contribution < 1.29 is 23.5 Å². The van der Waals surface area contributed by atoms with Gasteiger partial charge in [0.15, 0.2) is 0 Å². The number of rotatable bonds is 9. The van der Waals surface area contributed by atoms with E-state index in [-0.39, 0.29) is 0 Å². The maximum Gasteiger partial charge on any atom is 0.141 e. The van der Waals surface area contributed by atoms with E-state index < -0.39 is 11.2 Å². The molecule has 0 aliphatic carbocycles. The molecular weight excluding hydrogens is 354 g/mol. The van der Waals surface area contributed by atoms with E-state index in [1.807, 2.05) is 6.07 Å². The van der Waals surface area contributed by atoms with Crippen LogP contribution in [0, 0.1) is 0 Å². The monoisotopic (exact) mass is 379 g/mol.